The van der Waals surface area contributed by atoms with Gasteiger partial charge in [0.05, 0.1) is 12.0 Å². The lowest BCUT2D eigenvalue weighted by Gasteiger charge is -2.12. The maximum Gasteiger partial charge on any atom is 0.150 e. The molecular formula is C19H13N3O2. The first-order valence-electron chi connectivity index (χ1n) is 7.44. The molecular weight excluding hydrogens is 302 g/mol. The highest BCUT2D eigenvalue weighted by Gasteiger charge is 2.13. The van der Waals surface area contributed by atoms with Crippen molar-refractivity contribution >= 4 is 6.29 Å². The van der Waals surface area contributed by atoms with Crippen LogP contribution in [0.4, 0.5) is 0 Å². The van der Waals surface area contributed by atoms with E-state index in [2.05, 4.69) is 10.1 Å². The molecule has 0 atom stereocenters. The van der Waals surface area contributed by atoms with E-state index in [0.29, 0.717) is 5.56 Å². The normalized spacial score (nSPS) is 10.7. The molecule has 0 aliphatic rings. The molecule has 0 radical (unpaired) electrons. The summed E-state index contributed by atoms with van der Waals surface area (Å²) in [7, 11) is 0. The topological polar surface area (TPSA) is 60.9 Å². The molecule has 2 aromatic carbocycles. The zero-order chi connectivity index (χ0) is 16.4. The number of furan rings is 1. The fourth-order valence-corrected chi connectivity index (χ4v) is 2.72. The number of benzene rings is 2. The van der Waals surface area contributed by atoms with Crippen molar-refractivity contribution in [3.05, 3.63) is 79.1 Å². The summed E-state index contributed by atoms with van der Waals surface area (Å²) < 4.78 is 7.16. The van der Waals surface area contributed by atoms with Gasteiger partial charge in [-0.05, 0) is 23.8 Å². The summed E-state index contributed by atoms with van der Waals surface area (Å²) in [5.74, 6) is 0.770. The average Bonchev–Trinajstić information content (AvgIpc) is 3.35. The van der Waals surface area contributed by atoms with Crippen molar-refractivity contribution in [3.63, 3.8) is 0 Å². The van der Waals surface area contributed by atoms with Gasteiger partial charge < -0.3 is 4.42 Å². The standard InChI is InChI=1S/C19H13N3O2/c23-11-15-4-1-2-5-16(15)17-8-7-14(19-6-3-9-24-19)10-18(17)22-13-20-12-21-22/h1-13H. The molecule has 4 aromatic rings. The van der Waals surface area contributed by atoms with E-state index in [4.69, 9.17) is 4.42 Å². The van der Waals surface area contributed by atoms with E-state index in [1.54, 1.807) is 23.3 Å². The monoisotopic (exact) mass is 315 g/mol. The highest BCUT2D eigenvalue weighted by Crippen LogP contribution is 2.32. The second kappa shape index (κ2) is 5.96. The molecule has 2 heterocycles. The number of aromatic nitrogens is 3. The molecule has 0 spiro atoms. The lowest BCUT2D eigenvalue weighted by Crippen LogP contribution is -1.99. The predicted octanol–water partition coefficient (Wildman–Crippen LogP) is 4.01. The Morgan fingerprint density at radius 1 is 1.00 bits per heavy atom. The minimum Gasteiger partial charge on any atom is -0.464 e. The molecule has 0 unspecified atom stereocenters. The molecule has 0 saturated heterocycles. The first kappa shape index (κ1) is 14.1. The van der Waals surface area contributed by atoms with Gasteiger partial charge in [0.2, 0.25) is 0 Å². The van der Waals surface area contributed by atoms with Crippen molar-refractivity contribution in [1.82, 2.24) is 14.8 Å². The van der Waals surface area contributed by atoms with E-state index in [1.807, 2.05) is 48.5 Å². The Morgan fingerprint density at radius 2 is 1.92 bits per heavy atom. The highest BCUT2D eigenvalue weighted by molar-refractivity contribution is 5.90. The third kappa shape index (κ3) is 2.42. The summed E-state index contributed by atoms with van der Waals surface area (Å²) in [5, 5.41) is 4.24. The first-order valence-corrected chi connectivity index (χ1v) is 7.44. The van der Waals surface area contributed by atoms with Gasteiger partial charge in [-0.3, -0.25) is 4.79 Å². The molecule has 5 heteroatoms. The predicted molar refractivity (Wildman–Crippen MR) is 89.9 cm³/mol. The average molecular weight is 315 g/mol. The van der Waals surface area contributed by atoms with Crippen LogP contribution in [0.25, 0.3) is 28.1 Å². The van der Waals surface area contributed by atoms with Gasteiger partial charge in [0.15, 0.2) is 6.29 Å². The lowest BCUT2D eigenvalue weighted by molar-refractivity contribution is 0.112. The molecule has 116 valence electrons. The Hall–Kier alpha value is -3.47. The smallest absolute Gasteiger partial charge is 0.150 e. The van der Waals surface area contributed by atoms with Gasteiger partial charge in [-0.25, -0.2) is 9.67 Å². The second-order valence-electron chi connectivity index (χ2n) is 5.25. The lowest BCUT2D eigenvalue weighted by atomic mass is 9.97. The van der Waals surface area contributed by atoms with Gasteiger partial charge in [-0.15, -0.1) is 0 Å². The number of aldehydes is 1. The van der Waals surface area contributed by atoms with Crippen LogP contribution in [0.15, 0.2) is 77.9 Å². The summed E-state index contributed by atoms with van der Waals surface area (Å²) in [6.07, 6.45) is 5.62. The van der Waals surface area contributed by atoms with Gasteiger partial charge >= 0.3 is 0 Å². The molecule has 2 aromatic heterocycles. The maximum atomic E-state index is 11.4. The van der Waals surface area contributed by atoms with Crippen LogP contribution in [0, 0.1) is 0 Å². The number of rotatable bonds is 4. The van der Waals surface area contributed by atoms with Gasteiger partial charge in [-0.2, -0.15) is 5.10 Å². The van der Waals surface area contributed by atoms with Crippen LogP contribution in [0.3, 0.4) is 0 Å². The van der Waals surface area contributed by atoms with Crippen LogP contribution < -0.4 is 0 Å². The van der Waals surface area contributed by atoms with Crippen molar-refractivity contribution < 1.29 is 9.21 Å². The molecule has 0 aliphatic heterocycles. The third-order valence-corrected chi connectivity index (χ3v) is 3.85. The third-order valence-electron chi connectivity index (χ3n) is 3.85. The summed E-state index contributed by atoms with van der Waals surface area (Å²) in [6, 6.07) is 17.1. The van der Waals surface area contributed by atoms with Crippen molar-refractivity contribution in [2.75, 3.05) is 0 Å². The van der Waals surface area contributed by atoms with E-state index in [0.717, 1.165) is 34.4 Å². The number of carbonyl (C=O) groups excluding carboxylic acids is 1. The van der Waals surface area contributed by atoms with Crippen molar-refractivity contribution in [2.24, 2.45) is 0 Å². The minimum absolute atomic E-state index is 0.629. The molecule has 0 bridgehead atoms. The van der Waals surface area contributed by atoms with E-state index in [9.17, 15) is 4.79 Å². The highest BCUT2D eigenvalue weighted by atomic mass is 16.3. The van der Waals surface area contributed by atoms with Crippen molar-refractivity contribution in [1.29, 1.82) is 0 Å². The van der Waals surface area contributed by atoms with Crippen LogP contribution in [-0.2, 0) is 0 Å². The SMILES string of the molecule is O=Cc1ccccc1-c1ccc(-c2ccco2)cc1-n1cncn1. The molecule has 5 nitrogen and oxygen atoms in total. The van der Waals surface area contributed by atoms with Crippen LogP contribution in [0.2, 0.25) is 0 Å². The Balaban J connectivity index is 1.95. The summed E-state index contributed by atoms with van der Waals surface area (Å²) >= 11 is 0. The Kier molecular flexibility index (Phi) is 3.51. The fraction of sp³-hybridized carbons (Fsp3) is 0. The summed E-state index contributed by atoms with van der Waals surface area (Å²) in [6.45, 7) is 0. The number of hydrogen-bond acceptors (Lipinski definition) is 4. The van der Waals surface area contributed by atoms with Gasteiger partial charge in [0.25, 0.3) is 0 Å². The molecule has 0 N–H and O–H groups in total. The molecule has 24 heavy (non-hydrogen) atoms. The molecule has 0 aliphatic carbocycles. The van der Waals surface area contributed by atoms with E-state index < -0.39 is 0 Å². The number of hydrogen-bond donors (Lipinski definition) is 0. The van der Waals surface area contributed by atoms with Crippen LogP contribution in [0.1, 0.15) is 10.4 Å². The van der Waals surface area contributed by atoms with Crippen LogP contribution in [0.5, 0.6) is 0 Å². The summed E-state index contributed by atoms with van der Waals surface area (Å²) in [4.78, 5) is 15.4. The Bertz CT molecular complexity index is 974. The molecule has 4 rings (SSSR count). The molecule has 0 saturated carbocycles. The van der Waals surface area contributed by atoms with Gasteiger partial charge in [0, 0.05) is 16.7 Å². The van der Waals surface area contributed by atoms with Gasteiger partial charge in [-0.1, -0.05) is 36.4 Å². The number of carbonyl (C=O) groups is 1. The Morgan fingerprint density at radius 3 is 2.67 bits per heavy atom. The van der Waals surface area contributed by atoms with Crippen LogP contribution in [-0.4, -0.2) is 21.1 Å². The van der Waals surface area contributed by atoms with E-state index in [1.165, 1.54) is 6.33 Å². The van der Waals surface area contributed by atoms with Crippen molar-refractivity contribution in [3.8, 4) is 28.1 Å². The van der Waals surface area contributed by atoms with Crippen molar-refractivity contribution in [2.45, 2.75) is 0 Å². The van der Waals surface area contributed by atoms with Gasteiger partial charge in [0.1, 0.15) is 18.4 Å². The molecule has 0 fully saturated rings. The van der Waals surface area contributed by atoms with Crippen LogP contribution >= 0.6 is 0 Å². The number of nitrogens with zero attached hydrogens (tertiary/aromatic N) is 3. The Labute approximate surface area is 138 Å². The fourth-order valence-electron chi connectivity index (χ4n) is 2.72. The summed E-state index contributed by atoms with van der Waals surface area (Å²) in [5.41, 5.74) is 4.14. The quantitative estimate of drug-likeness (QED) is 0.534. The maximum absolute atomic E-state index is 11.4. The minimum atomic E-state index is 0.629. The second-order valence-corrected chi connectivity index (χ2v) is 5.25. The van der Waals surface area contributed by atoms with E-state index in [-0.39, 0.29) is 0 Å². The zero-order valence-electron chi connectivity index (χ0n) is 12.7. The van der Waals surface area contributed by atoms with E-state index >= 15 is 0 Å². The molecule has 0 amide bonds. The zero-order valence-corrected chi connectivity index (χ0v) is 12.7. The first-order chi connectivity index (χ1) is 11.9. The largest absolute Gasteiger partial charge is 0.464 e.